The number of hydrogen-bond donors (Lipinski definition) is 1. The van der Waals surface area contributed by atoms with Crippen molar-refractivity contribution in [1.82, 2.24) is 5.32 Å². The molecule has 0 aliphatic carbocycles. The maximum Gasteiger partial charge on any atom is 0.118 e. The van der Waals surface area contributed by atoms with Crippen LogP contribution in [0.15, 0.2) is 24.3 Å². The summed E-state index contributed by atoms with van der Waals surface area (Å²) in [6, 6.07) is 8.98. The number of benzene rings is 1. The molecule has 1 aromatic rings. The van der Waals surface area contributed by atoms with Crippen molar-refractivity contribution < 1.29 is 9.47 Å². The van der Waals surface area contributed by atoms with Crippen LogP contribution in [0.25, 0.3) is 0 Å². The first kappa shape index (κ1) is 15.3. The molecule has 0 radical (unpaired) electrons. The predicted molar refractivity (Wildman–Crippen MR) is 82.4 cm³/mol. The van der Waals surface area contributed by atoms with Gasteiger partial charge in [0.2, 0.25) is 0 Å². The summed E-state index contributed by atoms with van der Waals surface area (Å²) in [5.41, 5.74) is 1.38. The molecule has 1 N–H and O–H groups in total. The lowest BCUT2D eigenvalue weighted by Crippen LogP contribution is -2.27. The first-order chi connectivity index (χ1) is 9.81. The highest BCUT2D eigenvalue weighted by Gasteiger charge is 2.17. The number of nitrogens with one attached hydrogen (secondary N) is 1. The summed E-state index contributed by atoms with van der Waals surface area (Å²) in [5, 5.41) is 3.44. The fraction of sp³-hybridized carbons (Fsp3) is 0.647. The molecule has 0 spiro atoms. The van der Waals surface area contributed by atoms with E-state index in [9.17, 15) is 0 Å². The standard InChI is InChI=1S/C17H27NO2/c1-18-15(9-12-17-4-3-13-20-17)8-5-14-6-10-16(19-2)11-7-14/h6-7,10-11,15,17-18H,3-5,8-9,12-13H2,1-2H3. The summed E-state index contributed by atoms with van der Waals surface area (Å²) in [6.07, 6.45) is 7.67. The number of ether oxygens (including phenoxy) is 2. The molecule has 0 bridgehead atoms. The van der Waals surface area contributed by atoms with Gasteiger partial charge in [0.25, 0.3) is 0 Å². The van der Waals surface area contributed by atoms with Crippen LogP contribution >= 0.6 is 0 Å². The van der Waals surface area contributed by atoms with Crippen molar-refractivity contribution >= 4 is 0 Å². The maximum atomic E-state index is 5.69. The summed E-state index contributed by atoms with van der Waals surface area (Å²) in [4.78, 5) is 0. The van der Waals surface area contributed by atoms with E-state index < -0.39 is 0 Å². The minimum Gasteiger partial charge on any atom is -0.497 e. The molecule has 1 aliphatic heterocycles. The molecule has 1 fully saturated rings. The lowest BCUT2D eigenvalue weighted by Gasteiger charge is -2.18. The Kier molecular flexibility index (Phi) is 6.34. The van der Waals surface area contributed by atoms with Gasteiger partial charge < -0.3 is 14.8 Å². The van der Waals surface area contributed by atoms with Crippen LogP contribution in [0.2, 0.25) is 0 Å². The van der Waals surface area contributed by atoms with Gasteiger partial charge in [0.15, 0.2) is 0 Å². The lowest BCUT2D eigenvalue weighted by molar-refractivity contribution is 0.0995. The minimum absolute atomic E-state index is 0.506. The molecule has 2 atom stereocenters. The molecule has 112 valence electrons. The van der Waals surface area contributed by atoms with Crippen molar-refractivity contribution in [3.8, 4) is 5.75 Å². The quantitative estimate of drug-likeness (QED) is 0.791. The molecule has 0 amide bonds. The van der Waals surface area contributed by atoms with Crippen LogP contribution in [0.5, 0.6) is 5.75 Å². The molecule has 0 saturated carbocycles. The third-order valence-electron chi connectivity index (χ3n) is 4.21. The number of methoxy groups -OCH3 is 1. The molecular formula is C17H27NO2. The monoisotopic (exact) mass is 277 g/mol. The Hall–Kier alpha value is -1.06. The maximum absolute atomic E-state index is 5.69. The first-order valence-corrected chi connectivity index (χ1v) is 7.73. The first-order valence-electron chi connectivity index (χ1n) is 7.73. The van der Waals surface area contributed by atoms with E-state index in [0.29, 0.717) is 12.1 Å². The molecule has 2 rings (SSSR count). The Morgan fingerprint density at radius 2 is 2.10 bits per heavy atom. The van der Waals surface area contributed by atoms with Crippen LogP contribution in [-0.4, -0.2) is 32.9 Å². The normalized spacial score (nSPS) is 20.0. The molecule has 3 heteroatoms. The lowest BCUT2D eigenvalue weighted by atomic mass is 9.99. The third-order valence-corrected chi connectivity index (χ3v) is 4.21. The highest BCUT2D eigenvalue weighted by molar-refractivity contribution is 5.27. The van der Waals surface area contributed by atoms with E-state index in [4.69, 9.17) is 9.47 Å². The molecule has 3 nitrogen and oxygen atoms in total. The summed E-state index contributed by atoms with van der Waals surface area (Å²) in [5.74, 6) is 0.928. The Bertz CT molecular complexity index is 371. The zero-order valence-corrected chi connectivity index (χ0v) is 12.7. The van der Waals surface area contributed by atoms with Crippen molar-refractivity contribution in [2.45, 2.75) is 50.7 Å². The molecule has 20 heavy (non-hydrogen) atoms. The van der Waals surface area contributed by atoms with E-state index in [2.05, 4.69) is 24.5 Å². The van der Waals surface area contributed by atoms with Crippen LogP contribution < -0.4 is 10.1 Å². The fourth-order valence-electron chi connectivity index (χ4n) is 2.83. The van der Waals surface area contributed by atoms with Crippen LogP contribution in [-0.2, 0) is 11.2 Å². The Morgan fingerprint density at radius 3 is 2.70 bits per heavy atom. The second-order valence-electron chi connectivity index (χ2n) is 5.58. The summed E-state index contributed by atoms with van der Waals surface area (Å²) < 4.78 is 10.9. The van der Waals surface area contributed by atoms with Gasteiger partial charge in [-0.25, -0.2) is 0 Å². The van der Waals surface area contributed by atoms with Gasteiger partial charge in [-0.05, 0) is 63.3 Å². The Labute approximate surface area is 122 Å². The molecule has 1 saturated heterocycles. The van der Waals surface area contributed by atoms with E-state index in [1.54, 1.807) is 7.11 Å². The molecule has 2 unspecified atom stereocenters. The predicted octanol–water partition coefficient (Wildman–Crippen LogP) is 3.18. The van der Waals surface area contributed by atoms with E-state index >= 15 is 0 Å². The molecule has 0 aromatic heterocycles. The van der Waals surface area contributed by atoms with E-state index in [0.717, 1.165) is 18.8 Å². The van der Waals surface area contributed by atoms with Crippen LogP contribution in [0.3, 0.4) is 0 Å². The summed E-state index contributed by atoms with van der Waals surface area (Å²) in [6.45, 7) is 0.959. The van der Waals surface area contributed by atoms with Crippen molar-refractivity contribution in [3.05, 3.63) is 29.8 Å². The number of aryl methyl sites for hydroxylation is 1. The minimum atomic E-state index is 0.506. The Balaban J connectivity index is 1.71. The van der Waals surface area contributed by atoms with Crippen molar-refractivity contribution in [3.63, 3.8) is 0 Å². The molecule has 1 heterocycles. The van der Waals surface area contributed by atoms with Gasteiger partial charge in [-0.2, -0.15) is 0 Å². The van der Waals surface area contributed by atoms with E-state index in [1.807, 2.05) is 12.1 Å². The summed E-state index contributed by atoms with van der Waals surface area (Å²) >= 11 is 0. The zero-order chi connectivity index (χ0) is 14.2. The smallest absolute Gasteiger partial charge is 0.118 e. The number of hydrogen-bond acceptors (Lipinski definition) is 3. The fourth-order valence-corrected chi connectivity index (χ4v) is 2.83. The van der Waals surface area contributed by atoms with Gasteiger partial charge in [-0.1, -0.05) is 12.1 Å². The Morgan fingerprint density at radius 1 is 1.30 bits per heavy atom. The largest absolute Gasteiger partial charge is 0.497 e. The van der Waals surface area contributed by atoms with Gasteiger partial charge in [0.1, 0.15) is 5.75 Å². The molecule has 1 aliphatic rings. The third kappa shape index (κ3) is 4.80. The SMILES string of the molecule is CNC(CCc1ccc(OC)cc1)CCC1CCCO1. The highest BCUT2D eigenvalue weighted by atomic mass is 16.5. The van der Waals surface area contributed by atoms with E-state index in [1.165, 1.54) is 37.7 Å². The van der Waals surface area contributed by atoms with Gasteiger partial charge in [0, 0.05) is 12.6 Å². The van der Waals surface area contributed by atoms with Crippen molar-refractivity contribution in [2.24, 2.45) is 0 Å². The second-order valence-corrected chi connectivity index (χ2v) is 5.58. The molecule has 1 aromatic carbocycles. The van der Waals surface area contributed by atoms with Crippen LogP contribution in [0.1, 0.15) is 37.7 Å². The highest BCUT2D eigenvalue weighted by Crippen LogP contribution is 2.19. The summed E-state index contributed by atoms with van der Waals surface area (Å²) in [7, 11) is 3.77. The van der Waals surface area contributed by atoms with Crippen molar-refractivity contribution in [1.29, 1.82) is 0 Å². The average molecular weight is 277 g/mol. The number of rotatable bonds is 8. The van der Waals surface area contributed by atoms with Gasteiger partial charge >= 0.3 is 0 Å². The van der Waals surface area contributed by atoms with Crippen LogP contribution in [0.4, 0.5) is 0 Å². The zero-order valence-electron chi connectivity index (χ0n) is 12.7. The van der Waals surface area contributed by atoms with Gasteiger partial charge in [-0.15, -0.1) is 0 Å². The topological polar surface area (TPSA) is 30.5 Å². The second kappa shape index (κ2) is 8.28. The average Bonchev–Trinajstić information content (AvgIpc) is 3.01. The van der Waals surface area contributed by atoms with Gasteiger partial charge in [-0.3, -0.25) is 0 Å². The van der Waals surface area contributed by atoms with Crippen molar-refractivity contribution in [2.75, 3.05) is 20.8 Å². The van der Waals surface area contributed by atoms with Gasteiger partial charge in [0.05, 0.1) is 13.2 Å². The van der Waals surface area contributed by atoms with Crippen LogP contribution in [0, 0.1) is 0 Å². The molecular weight excluding hydrogens is 250 g/mol. The van der Waals surface area contributed by atoms with E-state index in [-0.39, 0.29) is 0 Å².